The Morgan fingerprint density at radius 1 is 1.35 bits per heavy atom. The molecular weight excluding hydrogens is 258 g/mol. The molecule has 20 heavy (non-hydrogen) atoms. The van der Waals surface area contributed by atoms with Gasteiger partial charge in [-0.15, -0.1) is 0 Å². The first-order valence-electron chi connectivity index (χ1n) is 7.48. The minimum atomic E-state index is -0.975. The van der Waals surface area contributed by atoms with Gasteiger partial charge in [0.25, 0.3) is 0 Å². The van der Waals surface area contributed by atoms with E-state index >= 15 is 0 Å². The van der Waals surface area contributed by atoms with Crippen LogP contribution < -0.4 is 10.6 Å². The fraction of sp³-hybridized carbons (Fsp3) is 0.857. The molecule has 1 saturated heterocycles. The number of piperidine rings is 1. The number of aliphatic carboxylic acids is 1. The number of carbonyl (C=O) groups excluding carboxylic acids is 1. The highest BCUT2D eigenvalue weighted by atomic mass is 16.4. The van der Waals surface area contributed by atoms with E-state index in [1.165, 1.54) is 12.8 Å². The van der Waals surface area contributed by atoms with Crippen LogP contribution in [0.25, 0.3) is 0 Å². The molecule has 1 aliphatic rings. The van der Waals surface area contributed by atoms with Crippen LogP contribution in [0, 0.1) is 5.92 Å². The van der Waals surface area contributed by atoms with Crippen LogP contribution in [0.1, 0.15) is 39.0 Å². The van der Waals surface area contributed by atoms with E-state index in [-0.39, 0.29) is 6.03 Å². The highest BCUT2D eigenvalue weighted by Crippen LogP contribution is 2.18. The average Bonchev–Trinajstić information content (AvgIpc) is 2.40. The Labute approximate surface area is 120 Å². The normalized spacial score (nSPS) is 18.5. The number of carboxylic acid groups (broad SMARTS) is 1. The number of likely N-dealkylation sites (tertiary alicyclic amines) is 1. The lowest BCUT2D eigenvalue weighted by Gasteiger charge is -2.28. The van der Waals surface area contributed by atoms with Gasteiger partial charge in [0.15, 0.2) is 0 Å². The lowest BCUT2D eigenvalue weighted by Crippen LogP contribution is -2.46. The molecule has 2 amide bonds. The molecular formula is C14H27N3O3. The molecule has 1 aliphatic heterocycles. The van der Waals surface area contributed by atoms with Crippen molar-refractivity contribution in [1.82, 2.24) is 15.5 Å². The predicted octanol–water partition coefficient (Wildman–Crippen LogP) is 1.27. The number of hydrogen-bond donors (Lipinski definition) is 3. The summed E-state index contributed by atoms with van der Waals surface area (Å²) in [5.74, 6) is -0.310. The molecule has 0 radical (unpaired) electrons. The van der Waals surface area contributed by atoms with E-state index in [1.54, 1.807) is 0 Å². The van der Waals surface area contributed by atoms with E-state index in [0.29, 0.717) is 18.9 Å². The molecule has 116 valence electrons. The zero-order valence-corrected chi connectivity index (χ0v) is 12.5. The van der Waals surface area contributed by atoms with Gasteiger partial charge in [0.2, 0.25) is 0 Å². The molecule has 6 heteroatoms. The number of carboxylic acids is 1. The van der Waals surface area contributed by atoms with Gasteiger partial charge in [-0.25, -0.2) is 9.59 Å². The predicted molar refractivity (Wildman–Crippen MR) is 77.7 cm³/mol. The number of nitrogens with zero attached hydrogens (tertiary/aromatic N) is 1. The Balaban J connectivity index is 2.17. The second-order valence-corrected chi connectivity index (χ2v) is 5.62. The van der Waals surface area contributed by atoms with Crippen molar-refractivity contribution in [3.63, 3.8) is 0 Å². The number of nitrogens with one attached hydrogen (secondary N) is 2. The Hall–Kier alpha value is -1.30. The second-order valence-electron chi connectivity index (χ2n) is 5.62. The Bertz CT molecular complexity index is 315. The average molecular weight is 285 g/mol. The van der Waals surface area contributed by atoms with Crippen LogP contribution in [0.15, 0.2) is 0 Å². The topological polar surface area (TPSA) is 81.7 Å². The molecule has 1 fully saturated rings. The van der Waals surface area contributed by atoms with Gasteiger partial charge in [0, 0.05) is 6.54 Å². The largest absolute Gasteiger partial charge is 0.480 e. The minimum Gasteiger partial charge on any atom is -0.480 e. The van der Waals surface area contributed by atoms with Gasteiger partial charge in [0.05, 0.1) is 0 Å². The van der Waals surface area contributed by atoms with Crippen LogP contribution in [0.3, 0.4) is 0 Å². The van der Waals surface area contributed by atoms with Gasteiger partial charge < -0.3 is 20.6 Å². The summed E-state index contributed by atoms with van der Waals surface area (Å²) in [6, 6.07) is -1.16. The minimum absolute atomic E-state index is 0.376. The van der Waals surface area contributed by atoms with Crippen molar-refractivity contribution in [3.05, 3.63) is 0 Å². The summed E-state index contributed by atoms with van der Waals surface area (Å²) < 4.78 is 0. The number of carbonyl (C=O) groups is 2. The van der Waals surface area contributed by atoms with Crippen molar-refractivity contribution in [2.24, 2.45) is 5.92 Å². The van der Waals surface area contributed by atoms with Crippen molar-refractivity contribution >= 4 is 12.0 Å². The van der Waals surface area contributed by atoms with Crippen LogP contribution in [0.5, 0.6) is 0 Å². The molecule has 1 rings (SSSR count). The monoisotopic (exact) mass is 285 g/mol. The summed E-state index contributed by atoms with van der Waals surface area (Å²) in [6.07, 6.45) is 4.50. The van der Waals surface area contributed by atoms with Crippen molar-refractivity contribution in [1.29, 1.82) is 0 Å². The molecule has 0 unspecified atom stereocenters. The van der Waals surface area contributed by atoms with Gasteiger partial charge in [-0.3, -0.25) is 0 Å². The zero-order valence-electron chi connectivity index (χ0n) is 12.5. The summed E-state index contributed by atoms with van der Waals surface area (Å²) >= 11 is 0. The Morgan fingerprint density at radius 3 is 2.55 bits per heavy atom. The van der Waals surface area contributed by atoms with Gasteiger partial charge >= 0.3 is 12.0 Å². The summed E-state index contributed by atoms with van der Waals surface area (Å²) in [7, 11) is 2.13. The standard InChI is InChI=1S/C14H27N3O3/c1-3-4-12(13(18)19)16-14(20)15-8-5-11-6-9-17(2)10-7-11/h11-12H,3-10H2,1-2H3,(H,18,19)(H2,15,16,20)/t12-/m1/s1. The van der Waals surface area contributed by atoms with Crippen LogP contribution in [-0.2, 0) is 4.79 Å². The number of amides is 2. The first kappa shape index (κ1) is 16.8. The molecule has 0 aromatic heterocycles. The molecule has 0 spiro atoms. The van der Waals surface area contributed by atoms with Crippen LogP contribution >= 0.6 is 0 Å². The van der Waals surface area contributed by atoms with E-state index in [9.17, 15) is 9.59 Å². The van der Waals surface area contributed by atoms with Gasteiger partial charge in [-0.1, -0.05) is 13.3 Å². The van der Waals surface area contributed by atoms with E-state index in [1.807, 2.05) is 6.92 Å². The van der Waals surface area contributed by atoms with Crippen molar-refractivity contribution in [3.8, 4) is 0 Å². The van der Waals surface area contributed by atoms with Crippen LogP contribution in [-0.4, -0.2) is 54.7 Å². The Kier molecular flexibility index (Phi) is 7.36. The lowest BCUT2D eigenvalue weighted by atomic mass is 9.94. The fourth-order valence-electron chi connectivity index (χ4n) is 2.50. The van der Waals surface area contributed by atoms with Crippen molar-refractivity contribution in [2.75, 3.05) is 26.7 Å². The molecule has 0 aromatic rings. The van der Waals surface area contributed by atoms with Gasteiger partial charge in [0.1, 0.15) is 6.04 Å². The van der Waals surface area contributed by atoms with E-state index < -0.39 is 12.0 Å². The maximum absolute atomic E-state index is 11.6. The summed E-state index contributed by atoms with van der Waals surface area (Å²) in [5.41, 5.74) is 0. The molecule has 0 saturated carbocycles. The number of urea groups is 1. The first-order chi connectivity index (χ1) is 9.52. The third-order valence-corrected chi connectivity index (χ3v) is 3.86. The summed E-state index contributed by atoms with van der Waals surface area (Å²) in [6.45, 7) is 4.75. The van der Waals surface area contributed by atoms with Crippen molar-refractivity contribution in [2.45, 2.75) is 45.1 Å². The third-order valence-electron chi connectivity index (χ3n) is 3.86. The molecule has 1 atom stereocenters. The Morgan fingerprint density at radius 2 is 2.00 bits per heavy atom. The van der Waals surface area contributed by atoms with E-state index in [4.69, 9.17) is 5.11 Å². The summed E-state index contributed by atoms with van der Waals surface area (Å²) in [4.78, 5) is 24.9. The maximum Gasteiger partial charge on any atom is 0.326 e. The lowest BCUT2D eigenvalue weighted by molar-refractivity contribution is -0.139. The molecule has 6 nitrogen and oxygen atoms in total. The SMILES string of the molecule is CCC[C@@H](NC(=O)NCCC1CCN(C)CC1)C(=O)O. The fourth-order valence-corrected chi connectivity index (χ4v) is 2.50. The third kappa shape index (κ3) is 6.23. The zero-order chi connectivity index (χ0) is 15.0. The smallest absolute Gasteiger partial charge is 0.326 e. The maximum atomic E-state index is 11.6. The molecule has 1 heterocycles. The molecule has 0 aliphatic carbocycles. The van der Waals surface area contributed by atoms with Gasteiger partial charge in [-0.05, 0) is 51.7 Å². The molecule has 0 bridgehead atoms. The van der Waals surface area contributed by atoms with Gasteiger partial charge in [-0.2, -0.15) is 0 Å². The van der Waals surface area contributed by atoms with E-state index in [0.717, 1.165) is 25.9 Å². The number of rotatable bonds is 7. The van der Waals surface area contributed by atoms with Crippen LogP contribution in [0.4, 0.5) is 4.79 Å². The van der Waals surface area contributed by atoms with Crippen molar-refractivity contribution < 1.29 is 14.7 Å². The first-order valence-corrected chi connectivity index (χ1v) is 7.48. The molecule has 0 aromatic carbocycles. The summed E-state index contributed by atoms with van der Waals surface area (Å²) in [5, 5.41) is 14.2. The van der Waals surface area contributed by atoms with E-state index in [2.05, 4.69) is 22.6 Å². The van der Waals surface area contributed by atoms with Crippen LogP contribution in [0.2, 0.25) is 0 Å². The number of hydrogen-bond acceptors (Lipinski definition) is 3. The highest BCUT2D eigenvalue weighted by molar-refractivity contribution is 5.82. The molecule has 3 N–H and O–H groups in total. The highest BCUT2D eigenvalue weighted by Gasteiger charge is 2.19. The quantitative estimate of drug-likeness (QED) is 0.658. The second kappa shape index (κ2) is 8.79.